The van der Waals surface area contributed by atoms with Crippen LogP contribution in [0, 0.1) is 6.92 Å². The second-order valence-electron chi connectivity index (χ2n) is 6.81. The highest BCUT2D eigenvalue weighted by atomic mass is 32.1. The predicted octanol–water partition coefficient (Wildman–Crippen LogP) is 5.61. The van der Waals surface area contributed by atoms with E-state index in [1.54, 1.807) is 17.7 Å². The van der Waals surface area contributed by atoms with Crippen LogP contribution < -0.4 is 4.74 Å². The van der Waals surface area contributed by atoms with Gasteiger partial charge >= 0.3 is 0 Å². The van der Waals surface area contributed by atoms with Gasteiger partial charge in [-0.05, 0) is 50.3 Å². The number of benzene rings is 1. The van der Waals surface area contributed by atoms with Crippen LogP contribution in [-0.2, 0) is 12.8 Å². The van der Waals surface area contributed by atoms with Gasteiger partial charge in [-0.15, -0.1) is 11.3 Å². The Morgan fingerprint density at radius 2 is 1.92 bits per heavy atom. The predicted molar refractivity (Wildman–Crippen MR) is 105 cm³/mol. The van der Waals surface area contributed by atoms with Crippen LogP contribution in [0.1, 0.15) is 35.4 Å². The summed E-state index contributed by atoms with van der Waals surface area (Å²) in [6.07, 6.45) is 7.62. The van der Waals surface area contributed by atoms with Gasteiger partial charge in [0.15, 0.2) is 5.75 Å². The molecule has 0 saturated heterocycles. The summed E-state index contributed by atoms with van der Waals surface area (Å²) in [5.74, 6) is 1.41. The molecule has 0 unspecified atom stereocenters. The van der Waals surface area contributed by atoms with Crippen molar-refractivity contribution in [3.63, 3.8) is 0 Å². The quantitative estimate of drug-likeness (QED) is 0.435. The normalized spacial score (nSPS) is 14.3. The molecular formula is C21H19N3OS. The summed E-state index contributed by atoms with van der Waals surface area (Å²) in [5.41, 5.74) is 3.24. The number of aryl methyl sites for hydroxylation is 3. The van der Waals surface area contributed by atoms with Gasteiger partial charge in [0.1, 0.15) is 16.7 Å². The molecule has 130 valence electrons. The van der Waals surface area contributed by atoms with E-state index in [1.807, 2.05) is 25.1 Å². The van der Waals surface area contributed by atoms with Crippen LogP contribution in [0.15, 0.2) is 36.7 Å². The van der Waals surface area contributed by atoms with Gasteiger partial charge in [-0.3, -0.25) is 0 Å². The first kappa shape index (κ1) is 15.7. The van der Waals surface area contributed by atoms with Crippen molar-refractivity contribution in [1.82, 2.24) is 15.0 Å². The summed E-state index contributed by atoms with van der Waals surface area (Å²) < 4.78 is 6.32. The Hall–Kier alpha value is -2.53. The Balaban J connectivity index is 1.67. The summed E-state index contributed by atoms with van der Waals surface area (Å²) in [6.45, 7) is 2.00. The van der Waals surface area contributed by atoms with Crippen LogP contribution in [0.2, 0.25) is 0 Å². The molecule has 3 heterocycles. The Morgan fingerprint density at radius 3 is 2.88 bits per heavy atom. The van der Waals surface area contributed by atoms with E-state index in [2.05, 4.69) is 27.1 Å². The van der Waals surface area contributed by atoms with E-state index in [0.29, 0.717) is 5.88 Å². The molecule has 5 rings (SSSR count). The number of hydrogen-bond acceptors (Lipinski definition) is 5. The van der Waals surface area contributed by atoms with E-state index < -0.39 is 0 Å². The third kappa shape index (κ3) is 2.63. The van der Waals surface area contributed by atoms with Gasteiger partial charge in [-0.25, -0.2) is 15.0 Å². The highest BCUT2D eigenvalue weighted by Crippen LogP contribution is 2.40. The summed E-state index contributed by atoms with van der Waals surface area (Å²) in [5, 5.41) is 2.17. The molecular weight excluding hydrogens is 342 g/mol. The molecule has 0 bridgehead atoms. The van der Waals surface area contributed by atoms with E-state index in [0.717, 1.165) is 45.4 Å². The van der Waals surface area contributed by atoms with E-state index in [-0.39, 0.29) is 0 Å². The van der Waals surface area contributed by atoms with Crippen molar-refractivity contribution < 1.29 is 4.74 Å². The lowest BCUT2D eigenvalue weighted by molar-refractivity contribution is 0.472. The highest BCUT2D eigenvalue weighted by molar-refractivity contribution is 7.18. The number of aromatic nitrogens is 3. The fraction of sp³-hybridized carbons (Fsp3) is 0.286. The van der Waals surface area contributed by atoms with Crippen LogP contribution in [0.3, 0.4) is 0 Å². The number of para-hydroxylation sites is 1. The lowest BCUT2D eigenvalue weighted by Crippen LogP contribution is -1.94. The first-order valence-corrected chi connectivity index (χ1v) is 9.91. The summed E-state index contributed by atoms with van der Waals surface area (Å²) in [7, 11) is 0. The molecule has 0 atom stereocenters. The van der Waals surface area contributed by atoms with Crippen molar-refractivity contribution in [1.29, 1.82) is 0 Å². The maximum atomic E-state index is 6.32. The Kier molecular flexibility index (Phi) is 3.82. The third-order valence-electron chi connectivity index (χ3n) is 5.00. The monoisotopic (exact) mass is 361 g/mol. The van der Waals surface area contributed by atoms with Gasteiger partial charge in [0.2, 0.25) is 5.88 Å². The van der Waals surface area contributed by atoms with Gasteiger partial charge in [0.05, 0.1) is 5.39 Å². The van der Waals surface area contributed by atoms with E-state index in [4.69, 9.17) is 4.74 Å². The van der Waals surface area contributed by atoms with E-state index in [1.165, 1.54) is 29.7 Å². The summed E-state index contributed by atoms with van der Waals surface area (Å²) in [6, 6.07) is 10.1. The van der Waals surface area contributed by atoms with Gasteiger partial charge in [-0.2, -0.15) is 0 Å². The molecule has 4 nitrogen and oxygen atoms in total. The van der Waals surface area contributed by atoms with Gasteiger partial charge in [0, 0.05) is 16.0 Å². The maximum Gasteiger partial charge on any atom is 0.231 e. The van der Waals surface area contributed by atoms with Crippen molar-refractivity contribution >= 4 is 32.5 Å². The van der Waals surface area contributed by atoms with Crippen LogP contribution in [0.5, 0.6) is 11.6 Å². The fourth-order valence-corrected chi connectivity index (χ4v) is 4.94. The van der Waals surface area contributed by atoms with Gasteiger partial charge in [0.25, 0.3) is 0 Å². The topological polar surface area (TPSA) is 47.9 Å². The first-order chi connectivity index (χ1) is 12.8. The second kappa shape index (κ2) is 6.32. The molecule has 3 aromatic heterocycles. The summed E-state index contributed by atoms with van der Waals surface area (Å²) >= 11 is 1.80. The molecule has 1 aliphatic rings. The number of pyridine rings is 1. The zero-order chi connectivity index (χ0) is 17.5. The number of fused-ring (bicyclic) bond motifs is 4. The van der Waals surface area contributed by atoms with Crippen molar-refractivity contribution in [2.75, 3.05) is 0 Å². The molecule has 0 radical (unpaired) electrons. The SMILES string of the molecule is Cc1ccc2cccc(Oc3ncnc4sc5c(c34)CCCCC5)c2n1. The Morgan fingerprint density at radius 1 is 1.00 bits per heavy atom. The van der Waals surface area contributed by atoms with Crippen LogP contribution in [0.4, 0.5) is 0 Å². The zero-order valence-electron chi connectivity index (χ0n) is 14.7. The van der Waals surface area contributed by atoms with Gasteiger partial charge in [-0.1, -0.05) is 24.6 Å². The molecule has 0 saturated carbocycles. The Labute approximate surface area is 155 Å². The molecule has 26 heavy (non-hydrogen) atoms. The number of nitrogens with zero attached hydrogens (tertiary/aromatic N) is 3. The van der Waals surface area contributed by atoms with Crippen LogP contribution in [-0.4, -0.2) is 15.0 Å². The highest BCUT2D eigenvalue weighted by Gasteiger charge is 2.20. The van der Waals surface area contributed by atoms with Gasteiger partial charge < -0.3 is 4.74 Å². The van der Waals surface area contributed by atoms with Crippen molar-refractivity contribution in [3.05, 3.63) is 52.8 Å². The fourth-order valence-electron chi connectivity index (χ4n) is 3.72. The second-order valence-corrected chi connectivity index (χ2v) is 7.89. The minimum atomic E-state index is 0.658. The smallest absolute Gasteiger partial charge is 0.231 e. The van der Waals surface area contributed by atoms with E-state index in [9.17, 15) is 0 Å². The van der Waals surface area contributed by atoms with Crippen molar-refractivity contribution in [3.8, 4) is 11.6 Å². The van der Waals surface area contributed by atoms with Crippen LogP contribution in [0.25, 0.3) is 21.1 Å². The zero-order valence-corrected chi connectivity index (χ0v) is 15.5. The lowest BCUT2D eigenvalue weighted by Gasteiger charge is -2.10. The molecule has 4 aromatic rings. The van der Waals surface area contributed by atoms with Crippen molar-refractivity contribution in [2.45, 2.75) is 39.0 Å². The molecule has 1 aromatic carbocycles. The standard InChI is InChI=1S/C21H19N3OS/c1-13-10-11-14-6-5-8-16(19(14)24-13)25-20-18-15-7-3-2-4-9-17(15)26-21(18)23-12-22-20/h5-6,8,10-12H,2-4,7,9H2,1H3. The van der Waals surface area contributed by atoms with Crippen LogP contribution >= 0.6 is 11.3 Å². The minimum Gasteiger partial charge on any atom is -0.436 e. The Bertz CT molecular complexity index is 1120. The molecule has 0 amide bonds. The molecule has 1 aliphatic carbocycles. The largest absolute Gasteiger partial charge is 0.436 e. The molecule has 5 heteroatoms. The number of rotatable bonds is 2. The first-order valence-electron chi connectivity index (χ1n) is 9.09. The number of ether oxygens (including phenoxy) is 1. The van der Waals surface area contributed by atoms with E-state index >= 15 is 0 Å². The van der Waals surface area contributed by atoms with Crippen molar-refractivity contribution in [2.24, 2.45) is 0 Å². The average molecular weight is 361 g/mol. The average Bonchev–Trinajstić information content (AvgIpc) is 2.85. The lowest BCUT2D eigenvalue weighted by atomic mass is 10.1. The number of thiophene rings is 1. The molecule has 0 spiro atoms. The third-order valence-corrected chi connectivity index (χ3v) is 6.20. The molecule has 0 fully saturated rings. The molecule has 0 aliphatic heterocycles. The minimum absolute atomic E-state index is 0.658. The maximum absolute atomic E-state index is 6.32. The summed E-state index contributed by atoms with van der Waals surface area (Å²) in [4.78, 5) is 16.2. The molecule has 0 N–H and O–H groups in total. The number of hydrogen-bond donors (Lipinski definition) is 0.